The smallest absolute Gasteiger partial charge is 0.165 e. The van der Waals surface area contributed by atoms with Crippen molar-refractivity contribution in [3.05, 3.63) is 29.6 Å². The van der Waals surface area contributed by atoms with E-state index in [1.165, 1.54) is 6.07 Å². The Kier molecular flexibility index (Phi) is 3.89. The lowest BCUT2D eigenvalue weighted by atomic mass is 10.2. The third-order valence-corrected chi connectivity index (χ3v) is 2.11. The summed E-state index contributed by atoms with van der Waals surface area (Å²) in [5.41, 5.74) is 0.491. The van der Waals surface area contributed by atoms with Gasteiger partial charge in [0.05, 0.1) is 12.7 Å². The van der Waals surface area contributed by atoms with Crippen LogP contribution in [0.4, 0.5) is 4.39 Å². The highest BCUT2D eigenvalue weighted by molar-refractivity contribution is 5.34. The van der Waals surface area contributed by atoms with Gasteiger partial charge in [-0.1, -0.05) is 19.1 Å². The first-order valence-corrected chi connectivity index (χ1v) is 4.74. The van der Waals surface area contributed by atoms with E-state index in [1.807, 2.05) is 13.8 Å². The quantitative estimate of drug-likeness (QED) is 0.805. The summed E-state index contributed by atoms with van der Waals surface area (Å²) in [6, 6.07) is 4.54. The lowest BCUT2D eigenvalue weighted by Gasteiger charge is -2.15. The molecule has 0 aliphatic rings. The molecule has 0 radical (unpaired) electrons. The Balaban J connectivity index is 2.92. The monoisotopic (exact) mass is 198 g/mol. The number of halogens is 1. The van der Waals surface area contributed by atoms with Gasteiger partial charge in [-0.3, -0.25) is 0 Å². The van der Waals surface area contributed by atoms with Crippen molar-refractivity contribution in [2.24, 2.45) is 0 Å². The first-order valence-electron chi connectivity index (χ1n) is 4.74. The molecule has 78 valence electrons. The number of benzene rings is 1. The fourth-order valence-electron chi connectivity index (χ4n) is 1.09. The predicted molar refractivity (Wildman–Crippen MR) is 52.7 cm³/mol. The van der Waals surface area contributed by atoms with E-state index in [9.17, 15) is 4.39 Å². The second kappa shape index (κ2) is 4.96. The highest BCUT2D eigenvalue weighted by Crippen LogP contribution is 2.24. The molecule has 1 atom stereocenters. The maximum absolute atomic E-state index is 13.3. The molecule has 0 bridgehead atoms. The van der Waals surface area contributed by atoms with Gasteiger partial charge in [0.1, 0.15) is 0 Å². The van der Waals surface area contributed by atoms with E-state index in [0.717, 1.165) is 6.42 Å². The van der Waals surface area contributed by atoms with Crippen LogP contribution in [-0.2, 0) is 6.61 Å². The van der Waals surface area contributed by atoms with Crippen LogP contribution in [-0.4, -0.2) is 11.2 Å². The van der Waals surface area contributed by atoms with Gasteiger partial charge in [-0.15, -0.1) is 0 Å². The molecule has 0 saturated heterocycles. The summed E-state index contributed by atoms with van der Waals surface area (Å²) in [7, 11) is 0. The van der Waals surface area contributed by atoms with Crippen LogP contribution in [0.2, 0.25) is 0 Å². The lowest BCUT2D eigenvalue weighted by Crippen LogP contribution is -2.12. The standard InChI is InChI=1S/C11H15FO2/c1-3-8(2)14-11-9(7-13)5-4-6-10(11)12/h4-6,8,13H,3,7H2,1-2H3. The molecule has 0 aliphatic carbocycles. The van der Waals surface area contributed by atoms with Crippen molar-refractivity contribution >= 4 is 0 Å². The second-order valence-corrected chi connectivity index (χ2v) is 3.22. The van der Waals surface area contributed by atoms with E-state index in [2.05, 4.69) is 0 Å². The van der Waals surface area contributed by atoms with E-state index in [4.69, 9.17) is 9.84 Å². The number of hydrogen-bond acceptors (Lipinski definition) is 2. The Bertz CT molecular complexity index is 299. The van der Waals surface area contributed by atoms with E-state index >= 15 is 0 Å². The van der Waals surface area contributed by atoms with Gasteiger partial charge in [0.15, 0.2) is 11.6 Å². The van der Waals surface area contributed by atoms with Crippen LogP contribution in [0, 0.1) is 5.82 Å². The first kappa shape index (κ1) is 11.0. The van der Waals surface area contributed by atoms with Gasteiger partial charge in [0, 0.05) is 5.56 Å². The van der Waals surface area contributed by atoms with E-state index < -0.39 is 5.82 Å². The molecule has 3 heteroatoms. The molecule has 0 spiro atoms. The van der Waals surface area contributed by atoms with Gasteiger partial charge in [0.25, 0.3) is 0 Å². The molecule has 2 nitrogen and oxygen atoms in total. The normalized spacial score (nSPS) is 12.6. The van der Waals surface area contributed by atoms with Crippen LogP contribution < -0.4 is 4.74 Å². The highest BCUT2D eigenvalue weighted by atomic mass is 19.1. The third kappa shape index (κ3) is 2.45. The molecule has 1 aromatic carbocycles. The number of aliphatic hydroxyl groups excluding tert-OH is 1. The zero-order chi connectivity index (χ0) is 10.6. The van der Waals surface area contributed by atoms with Gasteiger partial charge in [0.2, 0.25) is 0 Å². The van der Waals surface area contributed by atoms with Crippen LogP contribution in [0.15, 0.2) is 18.2 Å². The van der Waals surface area contributed by atoms with Crippen LogP contribution in [0.3, 0.4) is 0 Å². The lowest BCUT2D eigenvalue weighted by molar-refractivity contribution is 0.196. The summed E-state index contributed by atoms with van der Waals surface area (Å²) in [6.45, 7) is 3.63. The number of hydrogen-bond donors (Lipinski definition) is 1. The first-order chi connectivity index (χ1) is 6.69. The molecule has 0 amide bonds. The number of ether oxygens (including phenoxy) is 1. The maximum atomic E-state index is 13.3. The maximum Gasteiger partial charge on any atom is 0.165 e. The molecule has 1 N–H and O–H groups in total. The topological polar surface area (TPSA) is 29.5 Å². The average Bonchev–Trinajstić information content (AvgIpc) is 2.20. The van der Waals surface area contributed by atoms with Gasteiger partial charge in [-0.2, -0.15) is 0 Å². The Morgan fingerprint density at radius 3 is 2.79 bits per heavy atom. The van der Waals surface area contributed by atoms with Crippen LogP contribution in [0.25, 0.3) is 0 Å². The Morgan fingerprint density at radius 1 is 1.50 bits per heavy atom. The van der Waals surface area contributed by atoms with Crippen LogP contribution in [0.5, 0.6) is 5.75 Å². The molecule has 0 fully saturated rings. The SMILES string of the molecule is CCC(C)Oc1c(F)cccc1CO. The molecule has 1 rings (SSSR count). The van der Waals surface area contributed by atoms with E-state index in [-0.39, 0.29) is 18.5 Å². The molecule has 1 unspecified atom stereocenters. The summed E-state index contributed by atoms with van der Waals surface area (Å²) in [4.78, 5) is 0. The Labute approximate surface area is 83.3 Å². The van der Waals surface area contributed by atoms with Crippen molar-refractivity contribution in [1.29, 1.82) is 0 Å². The number of rotatable bonds is 4. The van der Waals surface area contributed by atoms with Crippen molar-refractivity contribution in [3.63, 3.8) is 0 Å². The minimum absolute atomic E-state index is 0.0443. The summed E-state index contributed by atoms with van der Waals surface area (Å²) in [5.74, 6) is -0.249. The number of aliphatic hydroxyl groups is 1. The molecule has 0 aliphatic heterocycles. The van der Waals surface area contributed by atoms with E-state index in [0.29, 0.717) is 5.56 Å². The highest BCUT2D eigenvalue weighted by Gasteiger charge is 2.11. The minimum Gasteiger partial charge on any atom is -0.487 e. The van der Waals surface area contributed by atoms with Gasteiger partial charge in [-0.25, -0.2) is 4.39 Å². The molecule has 0 saturated carbocycles. The summed E-state index contributed by atoms with van der Waals surface area (Å²) >= 11 is 0. The minimum atomic E-state index is -0.420. The van der Waals surface area contributed by atoms with Crippen molar-refractivity contribution in [3.8, 4) is 5.75 Å². The predicted octanol–water partition coefficient (Wildman–Crippen LogP) is 2.50. The fraction of sp³-hybridized carbons (Fsp3) is 0.455. The second-order valence-electron chi connectivity index (χ2n) is 3.22. The number of para-hydroxylation sites is 1. The van der Waals surface area contributed by atoms with Gasteiger partial charge in [-0.05, 0) is 19.4 Å². The zero-order valence-electron chi connectivity index (χ0n) is 8.46. The summed E-state index contributed by atoms with van der Waals surface area (Å²) in [6.07, 6.45) is 0.761. The van der Waals surface area contributed by atoms with E-state index in [1.54, 1.807) is 12.1 Å². The molecule has 1 aromatic rings. The van der Waals surface area contributed by atoms with Gasteiger partial charge >= 0.3 is 0 Å². The molecule has 0 heterocycles. The van der Waals surface area contributed by atoms with Crippen molar-refractivity contribution in [2.75, 3.05) is 0 Å². The van der Waals surface area contributed by atoms with Crippen LogP contribution in [0.1, 0.15) is 25.8 Å². The Morgan fingerprint density at radius 2 is 2.21 bits per heavy atom. The molecule has 14 heavy (non-hydrogen) atoms. The molecular weight excluding hydrogens is 183 g/mol. The molecular formula is C11H15FO2. The van der Waals surface area contributed by atoms with Crippen molar-refractivity contribution in [1.82, 2.24) is 0 Å². The van der Waals surface area contributed by atoms with Crippen molar-refractivity contribution < 1.29 is 14.2 Å². The summed E-state index contributed by atoms with van der Waals surface area (Å²) < 4.78 is 18.7. The van der Waals surface area contributed by atoms with Crippen molar-refractivity contribution in [2.45, 2.75) is 33.0 Å². The third-order valence-electron chi connectivity index (χ3n) is 2.11. The molecule has 0 aromatic heterocycles. The zero-order valence-corrected chi connectivity index (χ0v) is 8.46. The largest absolute Gasteiger partial charge is 0.487 e. The average molecular weight is 198 g/mol. The summed E-state index contributed by atoms with van der Waals surface area (Å²) in [5, 5.41) is 8.98. The van der Waals surface area contributed by atoms with Crippen LogP contribution >= 0.6 is 0 Å². The Hall–Kier alpha value is -1.09. The van der Waals surface area contributed by atoms with Gasteiger partial charge < -0.3 is 9.84 Å². The fourth-order valence-corrected chi connectivity index (χ4v) is 1.09.